The molecule has 0 radical (unpaired) electrons. The Kier molecular flexibility index (Phi) is 5.94. The summed E-state index contributed by atoms with van der Waals surface area (Å²) in [6.45, 7) is 8.18. The van der Waals surface area contributed by atoms with E-state index in [1.54, 1.807) is 0 Å². The van der Waals surface area contributed by atoms with Gasteiger partial charge in [0.2, 0.25) is 5.91 Å². The highest BCUT2D eigenvalue weighted by molar-refractivity contribution is 5.82. The molecule has 3 aromatic heterocycles. The van der Waals surface area contributed by atoms with Crippen LogP contribution in [0, 0.1) is 5.92 Å². The molecule has 3 aromatic rings. The summed E-state index contributed by atoms with van der Waals surface area (Å²) >= 11 is 0. The van der Waals surface area contributed by atoms with Crippen LogP contribution in [0.25, 0.3) is 16.8 Å². The third kappa shape index (κ3) is 4.41. The minimum Gasteiger partial charge on any atom is -0.383 e. The zero-order chi connectivity index (χ0) is 21.9. The van der Waals surface area contributed by atoms with Gasteiger partial charge in [-0.1, -0.05) is 6.92 Å². The first-order valence-corrected chi connectivity index (χ1v) is 11.6. The second-order valence-electron chi connectivity index (χ2n) is 8.57. The smallest absolute Gasteiger partial charge is 0.225 e. The molecule has 8 nitrogen and oxygen atoms in total. The number of rotatable bonds is 8. The monoisotopic (exact) mass is 433 g/mol. The normalized spacial score (nSPS) is 16.5. The summed E-state index contributed by atoms with van der Waals surface area (Å²) in [6.07, 6.45) is 7.90. The third-order valence-corrected chi connectivity index (χ3v) is 6.29. The van der Waals surface area contributed by atoms with Crippen molar-refractivity contribution in [2.45, 2.75) is 19.8 Å². The van der Waals surface area contributed by atoms with Gasteiger partial charge in [-0.25, -0.2) is 4.52 Å². The fourth-order valence-corrected chi connectivity index (χ4v) is 4.30. The average Bonchev–Trinajstić information content (AvgIpc) is 3.60. The second-order valence-corrected chi connectivity index (χ2v) is 8.57. The molecule has 5 rings (SSSR count). The third-order valence-electron chi connectivity index (χ3n) is 6.29. The molecule has 1 saturated carbocycles. The van der Waals surface area contributed by atoms with Gasteiger partial charge in [0.05, 0.1) is 28.8 Å². The summed E-state index contributed by atoms with van der Waals surface area (Å²) in [6, 6.07) is 8.35. The van der Waals surface area contributed by atoms with E-state index in [2.05, 4.69) is 50.7 Å². The zero-order valence-electron chi connectivity index (χ0n) is 18.6. The van der Waals surface area contributed by atoms with E-state index in [0.717, 1.165) is 86.8 Å². The van der Waals surface area contributed by atoms with Crippen LogP contribution in [0.5, 0.6) is 0 Å². The fourth-order valence-electron chi connectivity index (χ4n) is 4.30. The molecular formula is C24H31N7O. The molecule has 1 aliphatic carbocycles. The molecule has 1 amide bonds. The topological polar surface area (TPSA) is 77.8 Å². The number of pyridine rings is 1. The summed E-state index contributed by atoms with van der Waals surface area (Å²) in [5.74, 6) is 0.643. The Morgan fingerprint density at radius 3 is 2.69 bits per heavy atom. The van der Waals surface area contributed by atoms with Crippen molar-refractivity contribution in [3.63, 3.8) is 0 Å². The van der Waals surface area contributed by atoms with Crippen molar-refractivity contribution in [2.75, 3.05) is 56.0 Å². The van der Waals surface area contributed by atoms with Gasteiger partial charge in [0.15, 0.2) is 0 Å². The molecule has 4 heterocycles. The average molecular weight is 434 g/mol. The number of carbonyl (C=O) groups is 1. The molecule has 0 unspecified atom stereocenters. The summed E-state index contributed by atoms with van der Waals surface area (Å²) in [5, 5.41) is 11.2. The molecule has 2 aliphatic rings. The molecule has 0 spiro atoms. The number of piperazine rings is 1. The van der Waals surface area contributed by atoms with Crippen molar-refractivity contribution in [3.05, 3.63) is 42.9 Å². The number of hydrogen-bond acceptors (Lipinski definition) is 6. The lowest BCUT2D eigenvalue weighted by molar-refractivity contribution is -0.132. The Bertz CT molecular complexity index is 1070. The maximum absolute atomic E-state index is 12.4. The number of amides is 1. The van der Waals surface area contributed by atoms with Gasteiger partial charge in [0.1, 0.15) is 0 Å². The minimum atomic E-state index is 0.296. The molecule has 0 atom stereocenters. The molecule has 0 aromatic carbocycles. The van der Waals surface area contributed by atoms with Crippen LogP contribution in [0.3, 0.4) is 0 Å². The van der Waals surface area contributed by atoms with Gasteiger partial charge in [-0.3, -0.25) is 9.78 Å². The van der Waals surface area contributed by atoms with Crippen LogP contribution in [-0.4, -0.2) is 71.2 Å². The molecule has 1 aliphatic heterocycles. The van der Waals surface area contributed by atoms with Crippen LogP contribution in [-0.2, 0) is 4.79 Å². The van der Waals surface area contributed by atoms with E-state index < -0.39 is 0 Å². The first-order valence-electron chi connectivity index (χ1n) is 11.6. The maximum atomic E-state index is 12.4. The lowest BCUT2D eigenvalue weighted by Gasteiger charge is -2.36. The van der Waals surface area contributed by atoms with Crippen molar-refractivity contribution >= 4 is 22.8 Å². The Morgan fingerprint density at radius 1 is 1.12 bits per heavy atom. The van der Waals surface area contributed by atoms with E-state index in [4.69, 9.17) is 0 Å². The molecule has 2 N–H and O–H groups in total. The highest BCUT2D eigenvalue weighted by Crippen LogP contribution is 2.32. The number of carbonyl (C=O) groups excluding carboxylic acids is 1. The highest BCUT2D eigenvalue weighted by atomic mass is 16.2. The summed E-state index contributed by atoms with van der Waals surface area (Å²) in [5.41, 5.74) is 5.23. The second kappa shape index (κ2) is 9.16. The van der Waals surface area contributed by atoms with E-state index in [1.807, 2.05) is 34.1 Å². The van der Waals surface area contributed by atoms with E-state index in [9.17, 15) is 4.79 Å². The lowest BCUT2D eigenvalue weighted by atomic mass is 10.2. The lowest BCUT2D eigenvalue weighted by Crippen LogP contribution is -2.49. The van der Waals surface area contributed by atoms with E-state index >= 15 is 0 Å². The van der Waals surface area contributed by atoms with Gasteiger partial charge >= 0.3 is 0 Å². The van der Waals surface area contributed by atoms with Gasteiger partial charge in [-0.05, 0) is 43.7 Å². The Balaban J connectivity index is 1.29. The van der Waals surface area contributed by atoms with Crippen LogP contribution in [0.1, 0.15) is 19.8 Å². The minimum absolute atomic E-state index is 0.296. The zero-order valence-corrected chi connectivity index (χ0v) is 18.6. The molecule has 1 saturated heterocycles. The van der Waals surface area contributed by atoms with Crippen LogP contribution in [0.15, 0.2) is 42.9 Å². The van der Waals surface area contributed by atoms with Gasteiger partial charge < -0.3 is 20.4 Å². The number of fused-ring (bicyclic) bond motifs is 1. The molecular weight excluding hydrogens is 402 g/mol. The molecule has 0 bridgehead atoms. The van der Waals surface area contributed by atoms with Gasteiger partial charge in [-0.2, -0.15) is 5.10 Å². The van der Waals surface area contributed by atoms with Gasteiger partial charge in [0.25, 0.3) is 0 Å². The van der Waals surface area contributed by atoms with E-state index in [0.29, 0.717) is 11.8 Å². The maximum Gasteiger partial charge on any atom is 0.225 e. The predicted molar refractivity (Wildman–Crippen MR) is 127 cm³/mol. The van der Waals surface area contributed by atoms with Gasteiger partial charge in [0, 0.05) is 63.1 Å². The van der Waals surface area contributed by atoms with Gasteiger partial charge in [-0.15, -0.1) is 0 Å². The number of likely N-dealkylation sites (N-methyl/N-ethyl adjacent to an activating group) is 1. The van der Waals surface area contributed by atoms with E-state index in [1.165, 1.54) is 0 Å². The quantitative estimate of drug-likeness (QED) is 0.532. The first-order chi connectivity index (χ1) is 15.7. The van der Waals surface area contributed by atoms with Crippen molar-refractivity contribution < 1.29 is 4.79 Å². The molecule has 168 valence electrons. The predicted octanol–water partition coefficient (Wildman–Crippen LogP) is 2.48. The number of anilines is 2. The van der Waals surface area contributed by atoms with Crippen molar-refractivity contribution in [1.82, 2.24) is 24.8 Å². The van der Waals surface area contributed by atoms with Crippen molar-refractivity contribution in [3.8, 4) is 11.3 Å². The Labute approximate surface area is 188 Å². The summed E-state index contributed by atoms with van der Waals surface area (Å²) in [7, 11) is 0. The standard InChI is InChI=1S/C24H31N7O/c1-2-25-9-10-26-20-5-6-21(27-16-20)19-15-23-22(7-8-28-31(23)17-19)29-11-13-30(14-12-29)24(32)18-3-4-18/h5-8,15-18,25-26H,2-4,9-14H2,1H3. The fraction of sp³-hybridized carbons (Fsp3) is 0.458. The Hall–Kier alpha value is -3.13. The Morgan fingerprint density at radius 2 is 1.97 bits per heavy atom. The first kappa shape index (κ1) is 20.8. The molecule has 32 heavy (non-hydrogen) atoms. The number of aromatic nitrogens is 3. The summed E-state index contributed by atoms with van der Waals surface area (Å²) < 4.78 is 1.93. The van der Waals surface area contributed by atoms with Crippen LogP contribution >= 0.6 is 0 Å². The summed E-state index contributed by atoms with van der Waals surface area (Å²) in [4.78, 5) is 21.4. The number of nitrogens with one attached hydrogen (secondary N) is 2. The largest absolute Gasteiger partial charge is 0.383 e. The van der Waals surface area contributed by atoms with E-state index in [-0.39, 0.29) is 0 Å². The SMILES string of the molecule is CCNCCNc1ccc(-c2cc3c(N4CCN(C(=O)C5CC5)CC4)ccnn3c2)nc1. The van der Waals surface area contributed by atoms with Crippen molar-refractivity contribution in [1.29, 1.82) is 0 Å². The van der Waals surface area contributed by atoms with Crippen LogP contribution < -0.4 is 15.5 Å². The van der Waals surface area contributed by atoms with Crippen LogP contribution in [0.2, 0.25) is 0 Å². The number of hydrogen-bond donors (Lipinski definition) is 2. The number of nitrogens with zero attached hydrogens (tertiary/aromatic N) is 5. The highest BCUT2D eigenvalue weighted by Gasteiger charge is 2.34. The van der Waals surface area contributed by atoms with Crippen LogP contribution in [0.4, 0.5) is 11.4 Å². The van der Waals surface area contributed by atoms with Crippen molar-refractivity contribution in [2.24, 2.45) is 5.92 Å². The molecule has 8 heteroatoms. The molecule has 2 fully saturated rings.